The molecule has 1 heterocycles. The molecule has 1 aromatic carbocycles. The molecule has 2 rings (SSSR count). The fourth-order valence-electron chi connectivity index (χ4n) is 2.49. The van der Waals surface area contributed by atoms with Crippen LogP contribution >= 0.6 is 12.4 Å². The van der Waals surface area contributed by atoms with Crippen LogP contribution in [0.15, 0.2) is 24.3 Å². The van der Waals surface area contributed by atoms with Gasteiger partial charge in [-0.25, -0.2) is 0 Å². The van der Waals surface area contributed by atoms with E-state index in [9.17, 15) is 9.59 Å². The van der Waals surface area contributed by atoms with Gasteiger partial charge >= 0.3 is 0 Å². The highest BCUT2D eigenvalue weighted by Gasteiger charge is 2.15. The van der Waals surface area contributed by atoms with E-state index in [4.69, 9.17) is 0 Å². The van der Waals surface area contributed by atoms with E-state index in [1.165, 1.54) is 0 Å². The van der Waals surface area contributed by atoms with Gasteiger partial charge in [-0.05, 0) is 63.0 Å². The fourth-order valence-corrected chi connectivity index (χ4v) is 2.49. The van der Waals surface area contributed by atoms with Crippen molar-refractivity contribution < 1.29 is 9.59 Å². The molecule has 1 aliphatic heterocycles. The molecule has 1 aliphatic rings. The highest BCUT2D eigenvalue weighted by Crippen LogP contribution is 2.15. The number of carbonyl (C=O) groups is 2. The lowest BCUT2D eigenvalue weighted by atomic mass is 10.0. The van der Waals surface area contributed by atoms with E-state index in [1.807, 2.05) is 6.92 Å². The van der Waals surface area contributed by atoms with Crippen molar-refractivity contribution in [3.8, 4) is 0 Å². The number of anilines is 1. The molecule has 6 heteroatoms. The number of nitrogens with one attached hydrogen (secondary N) is 3. The molecule has 1 unspecified atom stereocenters. The summed E-state index contributed by atoms with van der Waals surface area (Å²) >= 11 is 0. The van der Waals surface area contributed by atoms with Gasteiger partial charge in [0.1, 0.15) is 0 Å². The van der Waals surface area contributed by atoms with Crippen molar-refractivity contribution >= 4 is 29.9 Å². The monoisotopic (exact) mass is 325 g/mol. The Morgan fingerprint density at radius 1 is 1.27 bits per heavy atom. The van der Waals surface area contributed by atoms with Gasteiger partial charge in [0.05, 0.1) is 0 Å². The molecule has 0 spiro atoms. The summed E-state index contributed by atoms with van der Waals surface area (Å²) < 4.78 is 0. The molecule has 22 heavy (non-hydrogen) atoms. The number of hydrogen-bond donors (Lipinski definition) is 3. The quantitative estimate of drug-likeness (QED) is 0.751. The Balaban J connectivity index is 0.00000242. The van der Waals surface area contributed by atoms with Gasteiger partial charge < -0.3 is 16.0 Å². The van der Waals surface area contributed by atoms with E-state index in [0.717, 1.165) is 31.6 Å². The van der Waals surface area contributed by atoms with E-state index in [0.29, 0.717) is 24.4 Å². The molecule has 5 nitrogen and oxygen atoms in total. The van der Waals surface area contributed by atoms with E-state index in [1.54, 1.807) is 24.3 Å². The maximum atomic E-state index is 11.9. The highest BCUT2D eigenvalue weighted by molar-refractivity contribution is 5.95. The van der Waals surface area contributed by atoms with Gasteiger partial charge in [-0.2, -0.15) is 0 Å². The second-order valence-electron chi connectivity index (χ2n) is 5.38. The molecule has 0 saturated carbocycles. The first-order valence-corrected chi connectivity index (χ1v) is 7.58. The van der Waals surface area contributed by atoms with Crippen LogP contribution in [0, 0.1) is 5.92 Å². The summed E-state index contributed by atoms with van der Waals surface area (Å²) in [6.07, 6.45) is 2.63. The number of halogens is 1. The Labute approximate surface area is 137 Å². The van der Waals surface area contributed by atoms with E-state index in [2.05, 4.69) is 16.0 Å². The smallest absolute Gasteiger partial charge is 0.251 e. The average molecular weight is 326 g/mol. The topological polar surface area (TPSA) is 70.2 Å². The lowest BCUT2D eigenvalue weighted by Crippen LogP contribution is -2.22. The molecule has 0 aromatic heterocycles. The number of rotatable bonds is 6. The van der Waals surface area contributed by atoms with Crippen LogP contribution in [0.3, 0.4) is 0 Å². The SMILES string of the molecule is CCNC(=O)c1ccc(NC(=O)CCC2CCNC2)cc1.Cl. The zero-order valence-corrected chi connectivity index (χ0v) is 13.7. The molecule has 1 atom stereocenters. The first kappa shape index (κ1) is 18.5. The van der Waals surface area contributed by atoms with E-state index >= 15 is 0 Å². The fraction of sp³-hybridized carbons (Fsp3) is 0.500. The molecule has 3 N–H and O–H groups in total. The molecule has 1 fully saturated rings. The summed E-state index contributed by atoms with van der Waals surface area (Å²) in [7, 11) is 0. The standard InChI is InChI=1S/C16H23N3O2.ClH/c1-2-18-16(21)13-4-6-14(7-5-13)19-15(20)8-3-12-9-10-17-11-12;/h4-7,12,17H,2-3,8-11H2,1H3,(H,18,21)(H,19,20);1H. The van der Waals surface area contributed by atoms with Gasteiger partial charge in [0, 0.05) is 24.2 Å². The van der Waals surface area contributed by atoms with Crippen molar-refractivity contribution in [2.45, 2.75) is 26.2 Å². The van der Waals surface area contributed by atoms with Crippen LogP contribution < -0.4 is 16.0 Å². The zero-order valence-electron chi connectivity index (χ0n) is 12.9. The molecule has 0 bridgehead atoms. The highest BCUT2D eigenvalue weighted by atomic mass is 35.5. The van der Waals surface area contributed by atoms with Crippen LogP contribution in [0.4, 0.5) is 5.69 Å². The zero-order chi connectivity index (χ0) is 15.1. The maximum absolute atomic E-state index is 11.9. The van der Waals surface area contributed by atoms with Crippen LogP contribution in [-0.4, -0.2) is 31.4 Å². The molecule has 1 saturated heterocycles. The summed E-state index contributed by atoms with van der Waals surface area (Å²) in [4.78, 5) is 23.5. The third-order valence-corrected chi connectivity index (χ3v) is 3.71. The number of carbonyl (C=O) groups excluding carboxylic acids is 2. The summed E-state index contributed by atoms with van der Waals surface area (Å²) in [6.45, 7) is 4.57. The molecule has 122 valence electrons. The molecule has 0 aliphatic carbocycles. The maximum Gasteiger partial charge on any atom is 0.251 e. The molecular formula is C16H24ClN3O2. The summed E-state index contributed by atoms with van der Waals surface area (Å²) in [5, 5.41) is 8.92. The number of hydrogen-bond acceptors (Lipinski definition) is 3. The minimum atomic E-state index is -0.0934. The van der Waals surface area contributed by atoms with Gasteiger partial charge in [-0.3, -0.25) is 9.59 Å². The molecule has 1 aromatic rings. The van der Waals surface area contributed by atoms with E-state index < -0.39 is 0 Å². The van der Waals surface area contributed by atoms with Crippen molar-refractivity contribution in [2.75, 3.05) is 25.0 Å². The predicted molar refractivity (Wildman–Crippen MR) is 90.5 cm³/mol. The Morgan fingerprint density at radius 3 is 2.59 bits per heavy atom. The van der Waals surface area contributed by atoms with Gasteiger partial charge in [-0.1, -0.05) is 0 Å². The van der Waals surface area contributed by atoms with Crippen LogP contribution in [0.25, 0.3) is 0 Å². The molecule has 2 amide bonds. The second-order valence-corrected chi connectivity index (χ2v) is 5.38. The first-order chi connectivity index (χ1) is 10.2. The number of amides is 2. The van der Waals surface area contributed by atoms with Crippen LogP contribution in [-0.2, 0) is 4.79 Å². The van der Waals surface area contributed by atoms with Gasteiger partial charge in [0.15, 0.2) is 0 Å². The van der Waals surface area contributed by atoms with Crippen molar-refractivity contribution in [2.24, 2.45) is 5.92 Å². The summed E-state index contributed by atoms with van der Waals surface area (Å²) in [6, 6.07) is 6.97. The largest absolute Gasteiger partial charge is 0.352 e. The van der Waals surface area contributed by atoms with Crippen LogP contribution in [0.2, 0.25) is 0 Å². The average Bonchev–Trinajstić information content (AvgIpc) is 2.99. The van der Waals surface area contributed by atoms with Crippen molar-refractivity contribution in [3.05, 3.63) is 29.8 Å². The summed E-state index contributed by atoms with van der Waals surface area (Å²) in [5.74, 6) is 0.563. The van der Waals surface area contributed by atoms with Crippen molar-refractivity contribution in [3.63, 3.8) is 0 Å². The normalized spacial score (nSPS) is 16.7. The lowest BCUT2D eigenvalue weighted by Gasteiger charge is -2.09. The minimum absolute atomic E-state index is 0. The second kappa shape index (κ2) is 9.43. The third kappa shape index (κ3) is 5.66. The van der Waals surface area contributed by atoms with Gasteiger partial charge in [-0.15, -0.1) is 12.4 Å². The first-order valence-electron chi connectivity index (χ1n) is 7.58. The molecular weight excluding hydrogens is 302 g/mol. The van der Waals surface area contributed by atoms with Gasteiger partial charge in [0.2, 0.25) is 5.91 Å². The van der Waals surface area contributed by atoms with Crippen molar-refractivity contribution in [1.29, 1.82) is 0 Å². The minimum Gasteiger partial charge on any atom is -0.352 e. The van der Waals surface area contributed by atoms with E-state index in [-0.39, 0.29) is 24.2 Å². The predicted octanol–water partition coefficient (Wildman–Crippen LogP) is 2.19. The van der Waals surface area contributed by atoms with Gasteiger partial charge in [0.25, 0.3) is 5.91 Å². The Bertz CT molecular complexity index is 485. The summed E-state index contributed by atoms with van der Waals surface area (Å²) in [5.41, 5.74) is 1.34. The Kier molecular flexibility index (Phi) is 7.91. The van der Waals surface area contributed by atoms with Crippen LogP contribution in [0.5, 0.6) is 0 Å². The third-order valence-electron chi connectivity index (χ3n) is 3.71. The lowest BCUT2D eigenvalue weighted by molar-refractivity contribution is -0.116. The Hall–Kier alpha value is -1.59. The Morgan fingerprint density at radius 2 is 2.00 bits per heavy atom. The van der Waals surface area contributed by atoms with Crippen molar-refractivity contribution in [1.82, 2.24) is 10.6 Å². The molecule has 0 radical (unpaired) electrons. The number of benzene rings is 1. The van der Waals surface area contributed by atoms with Crippen LogP contribution in [0.1, 0.15) is 36.5 Å².